The molecule has 21 heavy (non-hydrogen) atoms. The highest BCUT2D eigenvalue weighted by molar-refractivity contribution is 5.90. The number of hydrogen-bond acceptors (Lipinski definition) is 4. The number of benzene rings is 1. The van der Waals surface area contributed by atoms with Gasteiger partial charge in [-0.2, -0.15) is 0 Å². The van der Waals surface area contributed by atoms with Gasteiger partial charge in [-0.15, -0.1) is 5.10 Å². The van der Waals surface area contributed by atoms with Gasteiger partial charge in [0.05, 0.1) is 11.3 Å². The highest BCUT2D eigenvalue weighted by Crippen LogP contribution is 2.25. The Bertz CT molecular complexity index is 698. The number of carboxylic acid groups (broad SMARTS) is 1. The number of aromatic carboxylic acids is 1. The van der Waals surface area contributed by atoms with Crippen molar-refractivity contribution in [1.29, 1.82) is 0 Å². The summed E-state index contributed by atoms with van der Waals surface area (Å²) in [7, 11) is 1.79. The van der Waals surface area contributed by atoms with Crippen molar-refractivity contribution in [2.75, 3.05) is 6.54 Å². The molecule has 2 heterocycles. The molecule has 0 aliphatic carbocycles. The lowest BCUT2D eigenvalue weighted by atomic mass is 9.94. The Hall–Kier alpha value is -2.28. The summed E-state index contributed by atoms with van der Waals surface area (Å²) >= 11 is 0. The maximum atomic E-state index is 13.8. The summed E-state index contributed by atoms with van der Waals surface area (Å²) in [5, 5.41) is 17.1. The van der Waals surface area contributed by atoms with Crippen LogP contribution in [-0.2, 0) is 26.6 Å². The number of aryl methyl sites for hydroxylation is 1. The molecule has 1 aliphatic rings. The first-order valence-electron chi connectivity index (χ1n) is 6.65. The van der Waals surface area contributed by atoms with Gasteiger partial charge in [0.2, 0.25) is 0 Å². The fourth-order valence-corrected chi connectivity index (χ4v) is 2.72. The van der Waals surface area contributed by atoms with Crippen molar-refractivity contribution in [2.45, 2.75) is 19.5 Å². The van der Waals surface area contributed by atoms with Gasteiger partial charge in [0.15, 0.2) is 0 Å². The van der Waals surface area contributed by atoms with Gasteiger partial charge < -0.3 is 5.11 Å². The van der Waals surface area contributed by atoms with E-state index in [1.165, 1.54) is 6.07 Å². The van der Waals surface area contributed by atoms with Crippen molar-refractivity contribution in [2.24, 2.45) is 7.05 Å². The molecule has 110 valence electrons. The monoisotopic (exact) mass is 290 g/mol. The molecular formula is C14H15FN4O2. The van der Waals surface area contributed by atoms with Crippen molar-refractivity contribution < 1.29 is 14.3 Å². The number of fused-ring (bicyclic) bond motifs is 1. The van der Waals surface area contributed by atoms with Crippen LogP contribution in [0.2, 0.25) is 0 Å². The first-order valence-corrected chi connectivity index (χ1v) is 6.65. The van der Waals surface area contributed by atoms with Gasteiger partial charge in [-0.05, 0) is 23.6 Å². The van der Waals surface area contributed by atoms with Crippen LogP contribution in [0.25, 0.3) is 0 Å². The number of hydrogen-bond donors (Lipinski definition) is 1. The lowest BCUT2D eigenvalue weighted by Crippen LogP contribution is -2.32. The number of aromatic nitrogens is 3. The van der Waals surface area contributed by atoms with Crippen LogP contribution in [-0.4, -0.2) is 37.5 Å². The normalized spacial score (nSPS) is 15.0. The Morgan fingerprint density at radius 3 is 2.95 bits per heavy atom. The second kappa shape index (κ2) is 5.25. The largest absolute Gasteiger partial charge is 0.478 e. The molecule has 0 saturated carbocycles. The van der Waals surface area contributed by atoms with Gasteiger partial charge in [0.25, 0.3) is 0 Å². The minimum Gasteiger partial charge on any atom is -0.478 e. The maximum absolute atomic E-state index is 13.8. The zero-order valence-electron chi connectivity index (χ0n) is 11.6. The lowest BCUT2D eigenvalue weighted by Gasteiger charge is -2.29. The van der Waals surface area contributed by atoms with Crippen LogP contribution in [0.4, 0.5) is 4.39 Å². The third kappa shape index (κ3) is 2.64. The Morgan fingerprint density at radius 2 is 2.29 bits per heavy atom. The van der Waals surface area contributed by atoms with Gasteiger partial charge in [0.1, 0.15) is 5.82 Å². The topological polar surface area (TPSA) is 71.2 Å². The Balaban J connectivity index is 1.87. The molecule has 3 rings (SSSR count). The molecule has 1 N–H and O–H groups in total. The summed E-state index contributed by atoms with van der Waals surface area (Å²) in [6.07, 6.45) is 2.52. The molecule has 6 nitrogen and oxygen atoms in total. The number of rotatable bonds is 3. The Morgan fingerprint density at radius 1 is 1.48 bits per heavy atom. The van der Waals surface area contributed by atoms with Crippen molar-refractivity contribution in [3.05, 3.63) is 46.5 Å². The van der Waals surface area contributed by atoms with Crippen LogP contribution in [0.3, 0.4) is 0 Å². The first-order chi connectivity index (χ1) is 10.0. The average Bonchev–Trinajstić information content (AvgIpc) is 2.83. The average molecular weight is 290 g/mol. The van der Waals surface area contributed by atoms with E-state index in [2.05, 4.69) is 15.2 Å². The van der Waals surface area contributed by atoms with Gasteiger partial charge >= 0.3 is 5.97 Å². The van der Waals surface area contributed by atoms with E-state index in [-0.39, 0.29) is 5.56 Å². The Kier molecular flexibility index (Phi) is 3.42. The predicted octanol–water partition coefficient (Wildman–Crippen LogP) is 1.21. The molecule has 7 heteroatoms. The summed E-state index contributed by atoms with van der Waals surface area (Å²) < 4.78 is 15.4. The van der Waals surface area contributed by atoms with E-state index in [9.17, 15) is 14.3 Å². The van der Waals surface area contributed by atoms with E-state index in [1.54, 1.807) is 17.8 Å². The molecular weight excluding hydrogens is 275 g/mol. The highest BCUT2D eigenvalue weighted by atomic mass is 19.1. The molecule has 0 spiro atoms. The summed E-state index contributed by atoms with van der Waals surface area (Å²) in [5.41, 5.74) is 2.08. The standard InChI is InChI=1S/C14H15FN4O2/c1-18-6-10(16-17-18)7-19-5-4-9-2-3-12(15)13(14(20)21)11(9)8-19/h2-3,6H,4-5,7-8H2,1H3,(H,20,21). The fourth-order valence-electron chi connectivity index (χ4n) is 2.72. The number of nitrogens with zero attached hydrogens (tertiary/aromatic N) is 4. The Labute approximate surface area is 120 Å². The zero-order chi connectivity index (χ0) is 15.0. The quantitative estimate of drug-likeness (QED) is 0.920. The van der Waals surface area contributed by atoms with Crippen molar-refractivity contribution in [3.8, 4) is 0 Å². The third-order valence-corrected chi connectivity index (χ3v) is 3.69. The molecule has 0 bridgehead atoms. The second-order valence-corrected chi connectivity index (χ2v) is 5.21. The molecule has 0 fully saturated rings. The minimum atomic E-state index is -1.22. The fraction of sp³-hybridized carbons (Fsp3) is 0.357. The summed E-state index contributed by atoms with van der Waals surface area (Å²) in [5.74, 6) is -1.90. The summed E-state index contributed by atoms with van der Waals surface area (Å²) in [6.45, 7) is 1.77. The molecule has 0 amide bonds. The third-order valence-electron chi connectivity index (χ3n) is 3.69. The van der Waals surface area contributed by atoms with Gasteiger partial charge in [-0.3, -0.25) is 9.58 Å². The van der Waals surface area contributed by atoms with Crippen LogP contribution in [0.1, 0.15) is 27.2 Å². The molecule has 1 aromatic carbocycles. The molecule has 0 saturated heterocycles. The van der Waals surface area contributed by atoms with E-state index in [0.29, 0.717) is 25.1 Å². The summed E-state index contributed by atoms with van der Waals surface area (Å²) in [4.78, 5) is 13.3. The van der Waals surface area contributed by atoms with Crippen LogP contribution in [0.15, 0.2) is 18.3 Å². The zero-order valence-corrected chi connectivity index (χ0v) is 11.6. The first kappa shape index (κ1) is 13.7. The molecule has 1 aromatic heterocycles. The molecule has 2 aromatic rings. The number of halogens is 1. The van der Waals surface area contributed by atoms with E-state index < -0.39 is 11.8 Å². The van der Waals surface area contributed by atoms with Gasteiger partial charge in [-0.1, -0.05) is 11.3 Å². The second-order valence-electron chi connectivity index (χ2n) is 5.21. The van der Waals surface area contributed by atoms with Gasteiger partial charge in [-0.25, -0.2) is 9.18 Å². The number of carboxylic acids is 1. The number of carbonyl (C=O) groups is 1. The van der Waals surface area contributed by atoms with E-state index in [1.807, 2.05) is 6.20 Å². The SMILES string of the molecule is Cn1cc(CN2CCc3ccc(F)c(C(=O)O)c3C2)nn1. The van der Waals surface area contributed by atoms with E-state index in [0.717, 1.165) is 17.8 Å². The predicted molar refractivity (Wildman–Crippen MR) is 72.2 cm³/mol. The molecule has 1 aliphatic heterocycles. The maximum Gasteiger partial charge on any atom is 0.339 e. The molecule has 0 unspecified atom stereocenters. The van der Waals surface area contributed by atoms with E-state index >= 15 is 0 Å². The smallest absolute Gasteiger partial charge is 0.339 e. The van der Waals surface area contributed by atoms with Crippen molar-refractivity contribution in [3.63, 3.8) is 0 Å². The van der Waals surface area contributed by atoms with Crippen LogP contribution in [0, 0.1) is 5.82 Å². The van der Waals surface area contributed by atoms with E-state index in [4.69, 9.17) is 0 Å². The van der Waals surface area contributed by atoms with Crippen LogP contribution < -0.4 is 0 Å². The lowest BCUT2D eigenvalue weighted by molar-refractivity contribution is 0.0688. The minimum absolute atomic E-state index is 0.212. The van der Waals surface area contributed by atoms with Crippen molar-refractivity contribution in [1.82, 2.24) is 19.9 Å². The highest BCUT2D eigenvalue weighted by Gasteiger charge is 2.25. The summed E-state index contributed by atoms with van der Waals surface area (Å²) in [6, 6.07) is 2.91. The van der Waals surface area contributed by atoms with Crippen molar-refractivity contribution >= 4 is 5.97 Å². The molecule has 0 radical (unpaired) electrons. The van der Waals surface area contributed by atoms with Crippen LogP contribution >= 0.6 is 0 Å². The molecule has 0 atom stereocenters. The van der Waals surface area contributed by atoms with Crippen LogP contribution in [0.5, 0.6) is 0 Å². The van der Waals surface area contributed by atoms with Gasteiger partial charge in [0, 0.05) is 32.9 Å².